The van der Waals surface area contributed by atoms with Crippen LogP contribution in [0.2, 0.25) is 0 Å². The van der Waals surface area contributed by atoms with E-state index in [-0.39, 0.29) is 11.6 Å². The Kier molecular flexibility index (Phi) is 11.0. The Balaban J connectivity index is 1.18. The van der Waals surface area contributed by atoms with Crippen LogP contribution in [-0.2, 0) is 0 Å². The van der Waals surface area contributed by atoms with Crippen LogP contribution in [0.15, 0.2) is 156 Å². The van der Waals surface area contributed by atoms with Crippen molar-refractivity contribution in [1.82, 2.24) is 0 Å². The van der Waals surface area contributed by atoms with Crippen molar-refractivity contribution in [1.29, 1.82) is 0 Å². The van der Waals surface area contributed by atoms with Crippen molar-refractivity contribution in [3.05, 3.63) is 178 Å². The molecule has 0 saturated carbocycles. The molecule has 0 atom stereocenters. The zero-order valence-electron chi connectivity index (χ0n) is 27.5. The molecule has 236 valence electrons. The Morgan fingerprint density at radius 3 is 1.85 bits per heavy atom. The molecule has 5 rings (SSSR count). The highest BCUT2D eigenvalue weighted by atomic mass is 16.5. The Morgan fingerprint density at radius 1 is 0.660 bits per heavy atom. The summed E-state index contributed by atoms with van der Waals surface area (Å²) in [6.45, 7) is 7.64. The number of carbonyl (C=O) groups is 2. The summed E-state index contributed by atoms with van der Waals surface area (Å²) >= 11 is 0. The zero-order chi connectivity index (χ0) is 33.2. The summed E-state index contributed by atoms with van der Waals surface area (Å²) in [4.78, 5) is 24.9. The number of allylic oxidation sites excluding steroid dienone is 16. The fraction of sp³-hybridized carbons (Fsp3) is 0.163. The summed E-state index contributed by atoms with van der Waals surface area (Å²) < 4.78 is 12.2. The van der Waals surface area contributed by atoms with Gasteiger partial charge in [-0.25, -0.2) is 0 Å². The van der Waals surface area contributed by atoms with Gasteiger partial charge in [0, 0.05) is 23.1 Å². The summed E-state index contributed by atoms with van der Waals surface area (Å²) in [6, 6.07) is 22.9. The number of hydrogen-bond donors (Lipinski definition) is 0. The maximum atomic E-state index is 13.3. The molecule has 4 heteroatoms. The lowest BCUT2D eigenvalue weighted by molar-refractivity contribution is 0.101. The summed E-state index contributed by atoms with van der Waals surface area (Å²) in [5, 5.41) is 0. The molecule has 3 aromatic carbocycles. The lowest BCUT2D eigenvalue weighted by Crippen LogP contribution is -2.03. The van der Waals surface area contributed by atoms with E-state index in [9.17, 15) is 9.59 Å². The van der Waals surface area contributed by atoms with Gasteiger partial charge in [0.2, 0.25) is 0 Å². The van der Waals surface area contributed by atoms with Crippen LogP contribution in [0.3, 0.4) is 0 Å². The monoisotopic (exact) mass is 620 g/mol. The SMILES string of the molecule is CC/C(=C\C=C(/C)Oc1ccc(C(=O)C2=CC=C(c3ccc(C(C)=O)cc3)C=CC2)cc1)Oc1ccc(C2=CC=C(C)CC=C2)cc1. The van der Waals surface area contributed by atoms with E-state index >= 15 is 0 Å². The van der Waals surface area contributed by atoms with Crippen molar-refractivity contribution < 1.29 is 19.1 Å². The van der Waals surface area contributed by atoms with Gasteiger partial charge in [-0.15, -0.1) is 0 Å². The quantitative estimate of drug-likeness (QED) is 0.122. The molecule has 0 N–H and O–H groups in total. The highest BCUT2D eigenvalue weighted by Gasteiger charge is 2.13. The summed E-state index contributed by atoms with van der Waals surface area (Å²) in [7, 11) is 0. The number of ether oxygens (including phenoxy) is 2. The molecular formula is C43H40O4. The normalized spacial score (nSPS) is 15.1. The predicted octanol–water partition coefficient (Wildman–Crippen LogP) is 11.0. The standard InChI is InChI=1S/C43H40O4/c1-5-40(47-42-26-21-37(22-27-42)34-9-6-8-30(2)12-14-34)25-13-31(3)46-41-28-23-39(24-29-41)43(45)38-11-7-10-35(19-20-38)36-17-15-33(16-18-36)32(4)44/h6-7,9-10,12-29H,5,8,11H2,1-4H3/b31-13+,40-25+. The van der Waals surface area contributed by atoms with Crippen LogP contribution in [0.25, 0.3) is 11.1 Å². The molecule has 0 radical (unpaired) electrons. The smallest absolute Gasteiger partial charge is 0.189 e. The second-order valence-corrected chi connectivity index (χ2v) is 11.6. The molecule has 0 aliphatic heterocycles. The van der Waals surface area contributed by atoms with Crippen LogP contribution in [-0.4, -0.2) is 11.6 Å². The third-order valence-electron chi connectivity index (χ3n) is 7.98. The summed E-state index contributed by atoms with van der Waals surface area (Å²) in [5.41, 5.74) is 7.67. The van der Waals surface area contributed by atoms with Crippen LogP contribution in [0.4, 0.5) is 0 Å². The topological polar surface area (TPSA) is 52.6 Å². The average Bonchev–Trinajstić information content (AvgIpc) is 3.48. The van der Waals surface area contributed by atoms with Gasteiger partial charge in [-0.05, 0) is 104 Å². The van der Waals surface area contributed by atoms with Gasteiger partial charge in [0.15, 0.2) is 11.6 Å². The zero-order valence-corrected chi connectivity index (χ0v) is 27.5. The van der Waals surface area contributed by atoms with Crippen LogP contribution < -0.4 is 9.47 Å². The first kappa shape index (κ1) is 32.9. The minimum Gasteiger partial charge on any atom is -0.462 e. The molecule has 0 fully saturated rings. The van der Waals surface area contributed by atoms with E-state index in [4.69, 9.17) is 9.47 Å². The molecule has 0 saturated heterocycles. The number of hydrogen-bond acceptors (Lipinski definition) is 4. The van der Waals surface area contributed by atoms with Crippen molar-refractivity contribution in [2.45, 2.75) is 47.0 Å². The Bertz CT molecular complexity index is 1870. The Labute approximate surface area is 278 Å². The minimum absolute atomic E-state index is 0.0204. The van der Waals surface area contributed by atoms with E-state index in [1.165, 1.54) is 11.1 Å². The lowest BCUT2D eigenvalue weighted by atomic mass is 10.0. The molecule has 4 nitrogen and oxygen atoms in total. The highest BCUT2D eigenvalue weighted by molar-refractivity contribution is 6.09. The first-order chi connectivity index (χ1) is 22.8. The number of ketones is 2. The van der Waals surface area contributed by atoms with Gasteiger partial charge < -0.3 is 9.47 Å². The average molecular weight is 621 g/mol. The fourth-order valence-electron chi connectivity index (χ4n) is 5.19. The molecule has 3 aromatic rings. The van der Waals surface area contributed by atoms with Crippen LogP contribution >= 0.6 is 0 Å². The molecule has 0 heterocycles. The molecule has 0 unspecified atom stereocenters. The number of Topliss-reactive ketones (excluding diaryl/α,β-unsaturated/α-hetero) is 2. The van der Waals surface area contributed by atoms with Crippen molar-refractivity contribution in [3.8, 4) is 11.5 Å². The summed E-state index contributed by atoms with van der Waals surface area (Å²) in [5.74, 6) is 2.98. The van der Waals surface area contributed by atoms with Crippen LogP contribution in [0.1, 0.15) is 78.8 Å². The van der Waals surface area contributed by atoms with E-state index in [0.717, 1.165) is 41.1 Å². The van der Waals surface area contributed by atoms with Crippen molar-refractivity contribution in [2.75, 3.05) is 0 Å². The van der Waals surface area contributed by atoms with Gasteiger partial charge in [0.25, 0.3) is 0 Å². The first-order valence-corrected chi connectivity index (χ1v) is 16.0. The van der Waals surface area contributed by atoms with Crippen molar-refractivity contribution in [2.24, 2.45) is 0 Å². The maximum Gasteiger partial charge on any atom is 0.189 e. The van der Waals surface area contributed by atoms with E-state index < -0.39 is 0 Å². The number of benzene rings is 3. The third kappa shape index (κ3) is 9.05. The van der Waals surface area contributed by atoms with E-state index in [1.807, 2.05) is 91.9 Å². The second kappa shape index (κ2) is 15.7. The number of rotatable bonds is 11. The Hall–Kier alpha value is -5.48. The molecule has 2 aliphatic rings. The molecular weight excluding hydrogens is 580 g/mol. The van der Waals surface area contributed by atoms with Gasteiger partial charge in [-0.2, -0.15) is 0 Å². The van der Waals surface area contributed by atoms with Crippen LogP contribution in [0.5, 0.6) is 11.5 Å². The molecule has 2 aliphatic carbocycles. The van der Waals surface area contributed by atoms with Crippen molar-refractivity contribution >= 4 is 22.7 Å². The van der Waals surface area contributed by atoms with Gasteiger partial charge in [0.1, 0.15) is 23.0 Å². The van der Waals surface area contributed by atoms with Gasteiger partial charge in [-0.1, -0.05) is 97.5 Å². The van der Waals surface area contributed by atoms with Gasteiger partial charge >= 0.3 is 0 Å². The number of carbonyl (C=O) groups excluding carboxylic acids is 2. The summed E-state index contributed by atoms with van der Waals surface area (Å²) in [6.07, 6.45) is 22.6. The first-order valence-electron chi connectivity index (χ1n) is 16.0. The highest BCUT2D eigenvalue weighted by Crippen LogP contribution is 2.26. The van der Waals surface area contributed by atoms with Gasteiger partial charge in [0.05, 0.1) is 0 Å². The molecule has 0 spiro atoms. The van der Waals surface area contributed by atoms with Gasteiger partial charge in [-0.3, -0.25) is 9.59 Å². The third-order valence-corrected chi connectivity index (χ3v) is 7.98. The molecule has 47 heavy (non-hydrogen) atoms. The minimum atomic E-state index is -0.0204. The van der Waals surface area contributed by atoms with E-state index in [1.54, 1.807) is 19.1 Å². The van der Waals surface area contributed by atoms with E-state index in [2.05, 4.69) is 50.3 Å². The molecule has 0 amide bonds. The second-order valence-electron chi connectivity index (χ2n) is 11.6. The van der Waals surface area contributed by atoms with E-state index in [0.29, 0.717) is 34.6 Å². The van der Waals surface area contributed by atoms with Crippen LogP contribution in [0, 0.1) is 0 Å². The van der Waals surface area contributed by atoms with Crippen molar-refractivity contribution in [3.63, 3.8) is 0 Å². The molecule has 0 bridgehead atoms. The maximum absolute atomic E-state index is 13.3. The molecule has 0 aromatic heterocycles. The largest absolute Gasteiger partial charge is 0.462 e. The fourth-order valence-corrected chi connectivity index (χ4v) is 5.19. The Morgan fingerprint density at radius 2 is 1.21 bits per heavy atom. The predicted molar refractivity (Wildman–Crippen MR) is 192 cm³/mol. The lowest BCUT2D eigenvalue weighted by Gasteiger charge is -2.10.